The maximum absolute atomic E-state index is 12.5. The van der Waals surface area contributed by atoms with Crippen molar-refractivity contribution in [3.63, 3.8) is 0 Å². The minimum absolute atomic E-state index is 0.0723. The van der Waals surface area contributed by atoms with Crippen LogP contribution in [0.3, 0.4) is 0 Å². The highest BCUT2D eigenvalue weighted by atomic mass is 16.1. The first-order valence-electron chi connectivity index (χ1n) is 10.6. The van der Waals surface area contributed by atoms with Gasteiger partial charge in [-0.3, -0.25) is 9.78 Å². The molecule has 32 heavy (non-hydrogen) atoms. The standard InChI is InChI=1S/C27H22N4O/c32-27(29-16-14-20-6-2-1-3-7-20)21-10-12-23(13-11-21)31-19-22(18-30-31)24-15-17-28-26-9-5-4-8-25(24)26/h1-13,15,17-19H,14,16H2,(H,29,32). The number of nitrogens with zero attached hydrogens (tertiary/aromatic N) is 3. The van der Waals surface area contributed by atoms with Gasteiger partial charge in [0.25, 0.3) is 5.91 Å². The van der Waals surface area contributed by atoms with E-state index >= 15 is 0 Å². The summed E-state index contributed by atoms with van der Waals surface area (Å²) in [5.41, 5.74) is 5.81. The minimum Gasteiger partial charge on any atom is -0.352 e. The highest BCUT2D eigenvalue weighted by Crippen LogP contribution is 2.27. The lowest BCUT2D eigenvalue weighted by Gasteiger charge is -2.07. The molecule has 156 valence electrons. The zero-order chi connectivity index (χ0) is 21.8. The molecule has 2 aromatic heterocycles. The van der Waals surface area contributed by atoms with Gasteiger partial charge in [0, 0.05) is 35.5 Å². The fourth-order valence-electron chi connectivity index (χ4n) is 3.78. The number of fused-ring (bicyclic) bond motifs is 1. The SMILES string of the molecule is O=C(NCCc1ccccc1)c1ccc(-n2cc(-c3ccnc4ccccc34)cn2)cc1. The molecule has 0 fully saturated rings. The lowest BCUT2D eigenvalue weighted by molar-refractivity contribution is 0.0954. The average molecular weight is 419 g/mol. The molecule has 0 aliphatic heterocycles. The Hall–Kier alpha value is -4.25. The predicted octanol–water partition coefficient (Wildman–Crippen LogP) is 5.06. The molecule has 5 heteroatoms. The molecule has 5 nitrogen and oxygen atoms in total. The van der Waals surface area contributed by atoms with Gasteiger partial charge in [-0.05, 0) is 53.9 Å². The average Bonchev–Trinajstić information content (AvgIpc) is 3.34. The van der Waals surface area contributed by atoms with Gasteiger partial charge in [-0.25, -0.2) is 4.68 Å². The van der Waals surface area contributed by atoms with Gasteiger partial charge in [-0.1, -0.05) is 48.5 Å². The molecule has 1 amide bonds. The van der Waals surface area contributed by atoms with Crippen molar-refractivity contribution in [1.82, 2.24) is 20.1 Å². The number of aromatic nitrogens is 3. The molecule has 0 saturated carbocycles. The Morgan fingerprint density at radius 1 is 0.875 bits per heavy atom. The fraction of sp³-hybridized carbons (Fsp3) is 0.0741. The monoisotopic (exact) mass is 418 g/mol. The van der Waals surface area contributed by atoms with Crippen molar-refractivity contribution in [3.8, 4) is 16.8 Å². The van der Waals surface area contributed by atoms with Crippen molar-refractivity contribution in [2.75, 3.05) is 6.54 Å². The molecule has 0 aliphatic rings. The highest BCUT2D eigenvalue weighted by molar-refractivity contribution is 5.95. The van der Waals surface area contributed by atoms with Crippen molar-refractivity contribution in [2.45, 2.75) is 6.42 Å². The van der Waals surface area contributed by atoms with Crippen molar-refractivity contribution in [2.24, 2.45) is 0 Å². The Balaban J connectivity index is 1.28. The third-order valence-corrected chi connectivity index (χ3v) is 5.48. The quantitative estimate of drug-likeness (QED) is 0.419. The van der Waals surface area contributed by atoms with Gasteiger partial charge in [-0.15, -0.1) is 0 Å². The second-order valence-electron chi connectivity index (χ2n) is 7.59. The molecule has 0 bridgehead atoms. The van der Waals surface area contributed by atoms with Crippen molar-refractivity contribution >= 4 is 16.8 Å². The normalized spacial score (nSPS) is 10.9. The largest absolute Gasteiger partial charge is 0.352 e. The van der Waals surface area contributed by atoms with Crippen LogP contribution in [0.2, 0.25) is 0 Å². The first kappa shape index (κ1) is 19.7. The molecule has 0 saturated heterocycles. The Labute approximate surface area is 186 Å². The molecule has 1 N–H and O–H groups in total. The third-order valence-electron chi connectivity index (χ3n) is 5.48. The molecule has 5 aromatic rings. The second kappa shape index (κ2) is 8.86. The molecule has 0 aliphatic carbocycles. The van der Waals surface area contributed by atoms with Crippen LogP contribution in [0, 0.1) is 0 Å². The zero-order valence-electron chi connectivity index (χ0n) is 17.5. The molecule has 3 aromatic carbocycles. The van der Waals surface area contributed by atoms with Crippen LogP contribution >= 0.6 is 0 Å². The van der Waals surface area contributed by atoms with Crippen molar-refractivity contribution in [1.29, 1.82) is 0 Å². The molecular formula is C27H22N4O. The summed E-state index contributed by atoms with van der Waals surface area (Å²) in [6.07, 6.45) is 6.48. The van der Waals surface area contributed by atoms with E-state index in [0.717, 1.165) is 34.1 Å². The van der Waals surface area contributed by atoms with Gasteiger partial charge < -0.3 is 5.32 Å². The van der Waals surface area contributed by atoms with Crippen LogP contribution in [0.1, 0.15) is 15.9 Å². The molecule has 0 spiro atoms. The van der Waals surface area contributed by atoms with Gasteiger partial charge >= 0.3 is 0 Å². The second-order valence-corrected chi connectivity index (χ2v) is 7.59. The summed E-state index contributed by atoms with van der Waals surface area (Å²) in [5.74, 6) is -0.0723. The van der Waals surface area contributed by atoms with Crippen LogP contribution in [0.15, 0.2) is 104 Å². The lowest BCUT2D eigenvalue weighted by atomic mass is 10.0. The number of amides is 1. The summed E-state index contributed by atoms with van der Waals surface area (Å²) in [5, 5.41) is 8.60. The maximum atomic E-state index is 12.5. The van der Waals surface area contributed by atoms with Crippen molar-refractivity contribution in [3.05, 3.63) is 115 Å². The molecule has 0 atom stereocenters. The van der Waals surface area contributed by atoms with E-state index in [2.05, 4.69) is 33.6 Å². The number of hydrogen-bond donors (Lipinski definition) is 1. The van der Waals surface area contributed by atoms with E-state index in [1.54, 1.807) is 0 Å². The van der Waals surface area contributed by atoms with Gasteiger partial charge in [0.15, 0.2) is 0 Å². The van der Waals surface area contributed by atoms with E-state index in [0.29, 0.717) is 12.1 Å². The van der Waals surface area contributed by atoms with Crippen LogP contribution in [0.5, 0.6) is 0 Å². The Kier molecular flexibility index (Phi) is 5.45. The molecular weight excluding hydrogens is 396 g/mol. The summed E-state index contributed by atoms with van der Waals surface area (Å²) in [7, 11) is 0. The van der Waals surface area contributed by atoms with Crippen LogP contribution in [-0.2, 0) is 6.42 Å². The van der Waals surface area contributed by atoms with E-state index in [-0.39, 0.29) is 5.91 Å². The Morgan fingerprint density at radius 2 is 1.66 bits per heavy atom. The summed E-state index contributed by atoms with van der Waals surface area (Å²) in [6, 6.07) is 27.7. The predicted molar refractivity (Wildman–Crippen MR) is 127 cm³/mol. The highest BCUT2D eigenvalue weighted by Gasteiger charge is 2.09. The number of hydrogen-bond acceptors (Lipinski definition) is 3. The third kappa shape index (κ3) is 4.14. The van der Waals surface area contributed by atoms with Crippen LogP contribution in [-0.4, -0.2) is 27.2 Å². The zero-order valence-corrected chi connectivity index (χ0v) is 17.5. The number of para-hydroxylation sites is 1. The van der Waals surface area contributed by atoms with Gasteiger partial charge in [0.2, 0.25) is 0 Å². The fourth-order valence-corrected chi connectivity index (χ4v) is 3.78. The van der Waals surface area contributed by atoms with E-state index in [9.17, 15) is 4.79 Å². The Morgan fingerprint density at radius 3 is 2.50 bits per heavy atom. The summed E-state index contributed by atoms with van der Waals surface area (Å²) < 4.78 is 1.82. The molecule has 2 heterocycles. The number of rotatable bonds is 6. The van der Waals surface area contributed by atoms with E-state index in [1.807, 2.05) is 90.0 Å². The van der Waals surface area contributed by atoms with E-state index in [1.165, 1.54) is 5.56 Å². The molecule has 5 rings (SSSR count). The summed E-state index contributed by atoms with van der Waals surface area (Å²) in [6.45, 7) is 0.604. The maximum Gasteiger partial charge on any atom is 0.251 e. The summed E-state index contributed by atoms with van der Waals surface area (Å²) >= 11 is 0. The number of carbonyl (C=O) groups is 1. The van der Waals surface area contributed by atoms with Crippen LogP contribution in [0.4, 0.5) is 0 Å². The van der Waals surface area contributed by atoms with Crippen molar-refractivity contribution < 1.29 is 4.79 Å². The molecule has 0 radical (unpaired) electrons. The van der Waals surface area contributed by atoms with E-state index in [4.69, 9.17) is 0 Å². The number of pyridine rings is 1. The number of benzene rings is 3. The van der Waals surface area contributed by atoms with Gasteiger partial charge in [0.1, 0.15) is 0 Å². The Bertz CT molecular complexity index is 1350. The lowest BCUT2D eigenvalue weighted by Crippen LogP contribution is -2.25. The topological polar surface area (TPSA) is 59.8 Å². The minimum atomic E-state index is -0.0723. The number of nitrogens with one attached hydrogen (secondary N) is 1. The summed E-state index contributed by atoms with van der Waals surface area (Å²) in [4.78, 5) is 16.9. The van der Waals surface area contributed by atoms with E-state index < -0.39 is 0 Å². The molecule has 0 unspecified atom stereocenters. The first-order chi connectivity index (χ1) is 15.8. The van der Waals surface area contributed by atoms with Gasteiger partial charge in [0.05, 0.1) is 17.4 Å². The first-order valence-corrected chi connectivity index (χ1v) is 10.6. The van der Waals surface area contributed by atoms with Crippen LogP contribution < -0.4 is 5.32 Å². The van der Waals surface area contributed by atoms with Crippen LogP contribution in [0.25, 0.3) is 27.7 Å². The van der Waals surface area contributed by atoms with Gasteiger partial charge in [-0.2, -0.15) is 5.10 Å². The number of carbonyl (C=O) groups excluding carboxylic acids is 1. The smallest absolute Gasteiger partial charge is 0.251 e.